The van der Waals surface area contributed by atoms with E-state index in [4.69, 9.17) is 0 Å². The van der Waals surface area contributed by atoms with Gasteiger partial charge in [-0.3, -0.25) is 0 Å². The first-order valence-corrected chi connectivity index (χ1v) is 6.20. The second kappa shape index (κ2) is 3.74. The third-order valence-corrected chi connectivity index (χ3v) is 3.78. The molecule has 0 aromatic heterocycles. The normalized spacial score (nSPS) is 22.9. The fourth-order valence-corrected chi connectivity index (χ4v) is 3.02. The molecular formula is C14H12S. The van der Waals surface area contributed by atoms with Crippen LogP contribution in [0.15, 0.2) is 70.2 Å². The predicted octanol–water partition coefficient (Wildman–Crippen LogP) is 3.93. The van der Waals surface area contributed by atoms with Crippen LogP contribution in [0.4, 0.5) is 0 Å². The smallest absolute Gasteiger partial charge is 0.0164 e. The largest absolute Gasteiger partial charge is 0.121 e. The second-order valence-electron chi connectivity index (χ2n) is 3.82. The van der Waals surface area contributed by atoms with Gasteiger partial charge in [0, 0.05) is 10.7 Å². The topological polar surface area (TPSA) is 0 Å². The molecule has 2 bridgehead atoms. The average Bonchev–Trinajstić information content (AvgIpc) is 2.25. The number of thioether (sulfide) groups is 1. The molecule has 0 unspecified atom stereocenters. The molecule has 1 heteroatoms. The second-order valence-corrected chi connectivity index (χ2v) is 4.89. The van der Waals surface area contributed by atoms with Crippen molar-refractivity contribution < 1.29 is 0 Å². The number of rotatable bonds is 0. The Morgan fingerprint density at radius 3 is 3.07 bits per heavy atom. The number of fused-ring (bicyclic) bond motifs is 3. The summed E-state index contributed by atoms with van der Waals surface area (Å²) in [6.45, 7) is 0. The van der Waals surface area contributed by atoms with Gasteiger partial charge in [0.25, 0.3) is 0 Å². The van der Waals surface area contributed by atoms with Crippen LogP contribution in [0, 0.1) is 0 Å². The molecule has 0 aromatic carbocycles. The van der Waals surface area contributed by atoms with Crippen molar-refractivity contribution >= 4 is 11.8 Å². The first kappa shape index (κ1) is 9.05. The van der Waals surface area contributed by atoms with Gasteiger partial charge in [-0.1, -0.05) is 42.5 Å². The Morgan fingerprint density at radius 2 is 2.07 bits per heavy atom. The monoisotopic (exact) mass is 212 g/mol. The minimum Gasteiger partial charge on any atom is -0.121 e. The van der Waals surface area contributed by atoms with Gasteiger partial charge in [0.05, 0.1) is 0 Å². The van der Waals surface area contributed by atoms with E-state index in [0.29, 0.717) is 0 Å². The number of allylic oxidation sites excluding steroid dienone is 10. The van der Waals surface area contributed by atoms with Gasteiger partial charge in [-0.25, -0.2) is 0 Å². The molecule has 0 amide bonds. The zero-order chi connectivity index (χ0) is 10.1. The van der Waals surface area contributed by atoms with Gasteiger partial charge in [0.1, 0.15) is 0 Å². The van der Waals surface area contributed by atoms with Crippen molar-refractivity contribution in [1.29, 1.82) is 0 Å². The minimum absolute atomic E-state index is 1.07. The quantitative estimate of drug-likeness (QED) is 0.586. The van der Waals surface area contributed by atoms with Crippen molar-refractivity contribution in [2.45, 2.75) is 6.42 Å². The van der Waals surface area contributed by atoms with Gasteiger partial charge < -0.3 is 0 Å². The molecule has 0 fully saturated rings. The van der Waals surface area contributed by atoms with Crippen molar-refractivity contribution in [3.05, 3.63) is 70.2 Å². The Balaban J connectivity index is 2.19. The third kappa shape index (κ3) is 1.68. The van der Waals surface area contributed by atoms with E-state index in [1.807, 2.05) is 11.8 Å². The highest BCUT2D eigenvalue weighted by molar-refractivity contribution is 8.03. The molecule has 1 heterocycles. The Bertz CT molecular complexity index is 468. The lowest BCUT2D eigenvalue weighted by atomic mass is 9.91. The van der Waals surface area contributed by atoms with Gasteiger partial charge in [-0.15, -0.1) is 11.8 Å². The van der Waals surface area contributed by atoms with E-state index in [1.165, 1.54) is 21.6 Å². The molecule has 0 aromatic rings. The van der Waals surface area contributed by atoms with Gasteiger partial charge in [-0.05, 0) is 29.2 Å². The lowest BCUT2D eigenvalue weighted by molar-refractivity contribution is 1.15. The predicted molar refractivity (Wildman–Crippen MR) is 67.7 cm³/mol. The molecule has 2 aliphatic carbocycles. The molecule has 3 rings (SSSR count). The van der Waals surface area contributed by atoms with Gasteiger partial charge >= 0.3 is 0 Å². The molecule has 0 saturated carbocycles. The Hall–Kier alpha value is -1.21. The summed E-state index contributed by atoms with van der Waals surface area (Å²) in [7, 11) is 0. The lowest BCUT2D eigenvalue weighted by Gasteiger charge is -2.22. The summed E-state index contributed by atoms with van der Waals surface area (Å²) < 4.78 is 0. The van der Waals surface area contributed by atoms with Crippen LogP contribution in [0.1, 0.15) is 6.42 Å². The fourth-order valence-electron chi connectivity index (χ4n) is 2.05. The summed E-state index contributed by atoms with van der Waals surface area (Å²) in [5.41, 5.74) is 4.30. The summed E-state index contributed by atoms with van der Waals surface area (Å²) >= 11 is 1.94. The number of hydrogen-bond donors (Lipinski definition) is 0. The highest BCUT2D eigenvalue weighted by Gasteiger charge is 2.17. The Labute approximate surface area is 94.5 Å². The molecule has 0 radical (unpaired) electrons. The maximum atomic E-state index is 2.33. The number of hydrogen-bond acceptors (Lipinski definition) is 1. The van der Waals surface area contributed by atoms with E-state index < -0.39 is 0 Å². The Morgan fingerprint density at radius 1 is 1.07 bits per heavy atom. The van der Waals surface area contributed by atoms with Crippen LogP contribution >= 0.6 is 11.8 Å². The van der Waals surface area contributed by atoms with E-state index in [-0.39, 0.29) is 0 Å². The van der Waals surface area contributed by atoms with E-state index in [2.05, 4.69) is 48.6 Å². The SMILES string of the molecule is C1=CC=C2C=C3SCC=CC3=C(C=C1)C2. The van der Waals surface area contributed by atoms with Crippen LogP contribution in [0.2, 0.25) is 0 Å². The van der Waals surface area contributed by atoms with Crippen LogP contribution in [0.25, 0.3) is 0 Å². The van der Waals surface area contributed by atoms with Crippen LogP contribution < -0.4 is 0 Å². The average molecular weight is 212 g/mol. The maximum Gasteiger partial charge on any atom is 0.0164 e. The highest BCUT2D eigenvalue weighted by Crippen LogP contribution is 2.39. The van der Waals surface area contributed by atoms with Gasteiger partial charge in [-0.2, -0.15) is 0 Å². The first-order chi connectivity index (χ1) is 7.43. The maximum absolute atomic E-state index is 2.33. The molecule has 3 aliphatic rings. The van der Waals surface area contributed by atoms with Crippen molar-refractivity contribution in [2.75, 3.05) is 5.75 Å². The Kier molecular flexibility index (Phi) is 2.26. The van der Waals surface area contributed by atoms with Crippen molar-refractivity contribution in [1.82, 2.24) is 0 Å². The van der Waals surface area contributed by atoms with Crippen LogP contribution in [0.5, 0.6) is 0 Å². The molecule has 0 atom stereocenters. The molecule has 1 aliphatic heterocycles. The third-order valence-electron chi connectivity index (χ3n) is 2.77. The fraction of sp³-hybridized carbons (Fsp3) is 0.143. The van der Waals surface area contributed by atoms with Crippen LogP contribution in [-0.4, -0.2) is 5.75 Å². The summed E-state index contributed by atoms with van der Waals surface area (Å²) in [4.78, 5) is 1.44. The van der Waals surface area contributed by atoms with E-state index >= 15 is 0 Å². The molecule has 0 saturated heterocycles. The van der Waals surface area contributed by atoms with Gasteiger partial charge in [0.15, 0.2) is 0 Å². The zero-order valence-corrected chi connectivity index (χ0v) is 9.26. The molecule has 15 heavy (non-hydrogen) atoms. The molecule has 0 N–H and O–H groups in total. The lowest BCUT2D eigenvalue weighted by Crippen LogP contribution is -2.02. The van der Waals surface area contributed by atoms with E-state index in [1.54, 1.807) is 0 Å². The van der Waals surface area contributed by atoms with E-state index in [9.17, 15) is 0 Å². The summed E-state index contributed by atoms with van der Waals surface area (Å²) in [5, 5.41) is 0. The van der Waals surface area contributed by atoms with E-state index in [0.717, 1.165) is 12.2 Å². The summed E-state index contributed by atoms with van der Waals surface area (Å²) in [5.74, 6) is 1.11. The molecule has 0 spiro atoms. The standard InChI is InChI=1S/C14H12S/c1-2-5-11-9-12(6-3-1)13-7-4-8-15-14(13)10-11/h1-7,10H,8-9H2. The first-order valence-electron chi connectivity index (χ1n) is 5.22. The molecule has 74 valence electrons. The molecule has 0 nitrogen and oxygen atoms in total. The summed E-state index contributed by atoms with van der Waals surface area (Å²) in [6.07, 6.45) is 18.7. The minimum atomic E-state index is 1.07. The van der Waals surface area contributed by atoms with Crippen molar-refractivity contribution in [2.24, 2.45) is 0 Å². The van der Waals surface area contributed by atoms with Crippen molar-refractivity contribution in [3.8, 4) is 0 Å². The molecular weight excluding hydrogens is 200 g/mol. The van der Waals surface area contributed by atoms with Crippen molar-refractivity contribution in [3.63, 3.8) is 0 Å². The van der Waals surface area contributed by atoms with Crippen LogP contribution in [0.3, 0.4) is 0 Å². The zero-order valence-electron chi connectivity index (χ0n) is 8.44. The van der Waals surface area contributed by atoms with Gasteiger partial charge in [0.2, 0.25) is 0 Å². The summed E-state index contributed by atoms with van der Waals surface area (Å²) in [6, 6.07) is 0. The van der Waals surface area contributed by atoms with Crippen LogP contribution in [-0.2, 0) is 0 Å². The highest BCUT2D eigenvalue weighted by atomic mass is 32.2.